The predicted octanol–water partition coefficient (Wildman–Crippen LogP) is 3.43. The van der Waals surface area contributed by atoms with Gasteiger partial charge in [0.2, 0.25) is 0 Å². The molecule has 2 aromatic carbocycles. The van der Waals surface area contributed by atoms with Crippen LogP contribution in [0.15, 0.2) is 48.5 Å². The third-order valence-electron chi connectivity index (χ3n) is 4.64. The van der Waals surface area contributed by atoms with Crippen LogP contribution in [0, 0.1) is 0 Å². The zero-order chi connectivity index (χ0) is 17.5. The van der Waals surface area contributed by atoms with Gasteiger partial charge in [0.15, 0.2) is 5.65 Å². The number of morpholine rings is 1. The van der Waals surface area contributed by atoms with Crippen LogP contribution in [0.4, 0.5) is 5.82 Å². The van der Waals surface area contributed by atoms with Crippen molar-refractivity contribution in [3.05, 3.63) is 53.6 Å². The zero-order valence-electron chi connectivity index (χ0n) is 14.0. The van der Waals surface area contributed by atoms with Gasteiger partial charge >= 0.3 is 0 Å². The van der Waals surface area contributed by atoms with Gasteiger partial charge < -0.3 is 9.64 Å². The number of anilines is 1. The predicted molar refractivity (Wildman–Crippen MR) is 102 cm³/mol. The molecule has 0 bridgehead atoms. The van der Waals surface area contributed by atoms with Crippen LogP contribution in [0.5, 0.6) is 0 Å². The lowest BCUT2D eigenvalue weighted by molar-refractivity contribution is 0.122. The van der Waals surface area contributed by atoms with Crippen LogP contribution < -0.4 is 4.90 Å². The second-order valence-electron chi connectivity index (χ2n) is 6.24. The standard InChI is InChI=1S/C19H16ClN5O/c20-14-5-3-4-13(12-14)17-19-21-18(24-8-10-26-11-9-24)15-6-1-2-7-16(15)25(19)23-22-17/h1-7,12H,8-11H2. The molecule has 0 spiro atoms. The minimum Gasteiger partial charge on any atom is -0.378 e. The van der Waals surface area contributed by atoms with Crippen LogP contribution in [0.3, 0.4) is 0 Å². The lowest BCUT2D eigenvalue weighted by Crippen LogP contribution is -2.37. The van der Waals surface area contributed by atoms with Gasteiger partial charge in [0.1, 0.15) is 11.5 Å². The molecule has 7 heteroatoms. The van der Waals surface area contributed by atoms with E-state index in [0.717, 1.165) is 46.7 Å². The molecule has 0 atom stereocenters. The van der Waals surface area contributed by atoms with Crippen molar-refractivity contribution in [2.45, 2.75) is 0 Å². The fraction of sp³-hybridized carbons (Fsp3) is 0.211. The molecule has 1 saturated heterocycles. The molecule has 1 fully saturated rings. The highest BCUT2D eigenvalue weighted by atomic mass is 35.5. The molecule has 0 N–H and O–H groups in total. The number of rotatable bonds is 2. The Bertz CT molecular complexity index is 1100. The van der Waals surface area contributed by atoms with Crippen LogP contribution in [0.1, 0.15) is 0 Å². The number of nitrogens with zero attached hydrogens (tertiary/aromatic N) is 5. The molecule has 3 heterocycles. The zero-order valence-corrected chi connectivity index (χ0v) is 14.7. The van der Waals surface area contributed by atoms with E-state index in [0.29, 0.717) is 18.2 Å². The van der Waals surface area contributed by atoms with Gasteiger partial charge in [-0.2, -0.15) is 4.52 Å². The average molecular weight is 366 g/mol. The van der Waals surface area contributed by atoms with E-state index in [2.05, 4.69) is 21.3 Å². The molecule has 1 aliphatic rings. The van der Waals surface area contributed by atoms with Gasteiger partial charge in [-0.1, -0.05) is 41.1 Å². The lowest BCUT2D eigenvalue weighted by atomic mass is 10.1. The van der Waals surface area contributed by atoms with Crippen LogP contribution in [0.25, 0.3) is 27.8 Å². The van der Waals surface area contributed by atoms with E-state index in [4.69, 9.17) is 21.3 Å². The van der Waals surface area contributed by atoms with Crippen molar-refractivity contribution in [1.82, 2.24) is 19.8 Å². The quantitative estimate of drug-likeness (QED) is 0.544. The van der Waals surface area contributed by atoms with Crippen molar-refractivity contribution >= 4 is 34.0 Å². The van der Waals surface area contributed by atoms with Crippen molar-refractivity contribution < 1.29 is 4.74 Å². The third-order valence-corrected chi connectivity index (χ3v) is 4.88. The Balaban J connectivity index is 1.79. The molecule has 0 saturated carbocycles. The van der Waals surface area contributed by atoms with Crippen molar-refractivity contribution in [2.75, 3.05) is 31.2 Å². The summed E-state index contributed by atoms with van der Waals surface area (Å²) in [7, 11) is 0. The SMILES string of the molecule is Clc1cccc(-c2nnn3c2nc(N2CCOCC2)c2ccccc23)c1. The van der Waals surface area contributed by atoms with E-state index in [1.165, 1.54) is 0 Å². The molecule has 130 valence electrons. The molecule has 26 heavy (non-hydrogen) atoms. The summed E-state index contributed by atoms with van der Waals surface area (Å²) < 4.78 is 7.30. The molecule has 4 aromatic rings. The van der Waals surface area contributed by atoms with Gasteiger partial charge in [-0.25, -0.2) is 4.98 Å². The average Bonchev–Trinajstić information content (AvgIpc) is 3.12. The summed E-state index contributed by atoms with van der Waals surface area (Å²) in [6.45, 7) is 3.06. The number of fused-ring (bicyclic) bond motifs is 3. The highest BCUT2D eigenvalue weighted by molar-refractivity contribution is 6.30. The summed E-state index contributed by atoms with van der Waals surface area (Å²) in [6.07, 6.45) is 0. The van der Waals surface area contributed by atoms with Crippen molar-refractivity contribution in [2.24, 2.45) is 0 Å². The van der Waals surface area contributed by atoms with Crippen molar-refractivity contribution in [3.63, 3.8) is 0 Å². The van der Waals surface area contributed by atoms with Crippen LogP contribution in [0.2, 0.25) is 5.02 Å². The lowest BCUT2D eigenvalue weighted by Gasteiger charge is -2.28. The Labute approximate surface area is 155 Å². The minimum atomic E-state index is 0.665. The van der Waals surface area contributed by atoms with Gasteiger partial charge in [0.25, 0.3) is 0 Å². The maximum atomic E-state index is 6.16. The van der Waals surface area contributed by atoms with Crippen LogP contribution in [-0.2, 0) is 4.74 Å². The summed E-state index contributed by atoms with van der Waals surface area (Å²) in [5.74, 6) is 0.946. The summed E-state index contributed by atoms with van der Waals surface area (Å²) in [5.41, 5.74) is 3.35. The summed E-state index contributed by atoms with van der Waals surface area (Å²) in [4.78, 5) is 7.22. The third kappa shape index (κ3) is 2.50. The number of hydrogen-bond acceptors (Lipinski definition) is 5. The Morgan fingerprint density at radius 1 is 1.00 bits per heavy atom. The topological polar surface area (TPSA) is 55.5 Å². The molecule has 0 amide bonds. The summed E-state index contributed by atoms with van der Waals surface area (Å²) >= 11 is 6.16. The van der Waals surface area contributed by atoms with E-state index < -0.39 is 0 Å². The van der Waals surface area contributed by atoms with Gasteiger partial charge in [-0.05, 0) is 24.3 Å². The molecule has 0 unspecified atom stereocenters. The number of hydrogen-bond donors (Lipinski definition) is 0. The van der Waals surface area contributed by atoms with E-state index in [-0.39, 0.29) is 0 Å². The van der Waals surface area contributed by atoms with Gasteiger partial charge in [-0.3, -0.25) is 0 Å². The van der Waals surface area contributed by atoms with Crippen molar-refractivity contribution in [3.8, 4) is 11.3 Å². The van der Waals surface area contributed by atoms with E-state index in [1.807, 2.05) is 42.5 Å². The highest BCUT2D eigenvalue weighted by Gasteiger charge is 2.20. The molecule has 2 aromatic heterocycles. The number of para-hydroxylation sites is 1. The van der Waals surface area contributed by atoms with E-state index in [1.54, 1.807) is 4.52 Å². The Morgan fingerprint density at radius 3 is 2.69 bits per heavy atom. The second-order valence-corrected chi connectivity index (χ2v) is 6.67. The number of halogens is 1. The van der Waals surface area contributed by atoms with Crippen LogP contribution >= 0.6 is 11.6 Å². The molecule has 1 aliphatic heterocycles. The normalized spacial score (nSPS) is 15.0. The molecule has 5 rings (SSSR count). The Kier molecular flexibility index (Phi) is 3.72. The van der Waals surface area contributed by atoms with Crippen molar-refractivity contribution in [1.29, 1.82) is 0 Å². The first-order valence-corrected chi connectivity index (χ1v) is 8.92. The highest BCUT2D eigenvalue weighted by Crippen LogP contribution is 2.30. The molecule has 0 radical (unpaired) electrons. The van der Waals surface area contributed by atoms with Crippen LogP contribution in [-0.4, -0.2) is 46.1 Å². The number of ether oxygens (including phenoxy) is 1. The van der Waals surface area contributed by atoms with E-state index in [9.17, 15) is 0 Å². The first-order valence-electron chi connectivity index (χ1n) is 8.54. The molecular weight excluding hydrogens is 350 g/mol. The van der Waals surface area contributed by atoms with Gasteiger partial charge in [-0.15, -0.1) is 5.10 Å². The Hall–Kier alpha value is -2.70. The Morgan fingerprint density at radius 2 is 1.85 bits per heavy atom. The first kappa shape index (κ1) is 15.5. The second kappa shape index (κ2) is 6.23. The fourth-order valence-electron chi connectivity index (χ4n) is 3.39. The first-order chi connectivity index (χ1) is 12.8. The maximum Gasteiger partial charge on any atom is 0.186 e. The van der Waals surface area contributed by atoms with E-state index >= 15 is 0 Å². The summed E-state index contributed by atoms with van der Waals surface area (Å²) in [5, 5.41) is 10.5. The molecular formula is C19H16ClN5O. The maximum absolute atomic E-state index is 6.16. The monoisotopic (exact) mass is 365 g/mol. The molecule has 0 aliphatic carbocycles. The van der Waals surface area contributed by atoms with Gasteiger partial charge in [0.05, 0.1) is 18.7 Å². The van der Waals surface area contributed by atoms with Gasteiger partial charge in [0, 0.05) is 29.1 Å². The smallest absolute Gasteiger partial charge is 0.186 e. The molecule has 6 nitrogen and oxygen atoms in total. The number of benzene rings is 2. The fourth-order valence-corrected chi connectivity index (χ4v) is 3.58. The summed E-state index contributed by atoms with van der Waals surface area (Å²) in [6, 6.07) is 15.8. The largest absolute Gasteiger partial charge is 0.378 e. The minimum absolute atomic E-state index is 0.665. The number of aromatic nitrogens is 4.